The van der Waals surface area contributed by atoms with Gasteiger partial charge in [-0.05, 0) is 66.6 Å². The summed E-state index contributed by atoms with van der Waals surface area (Å²) in [7, 11) is 10.2. The van der Waals surface area contributed by atoms with E-state index in [0.717, 1.165) is 5.69 Å². The maximum absolute atomic E-state index is 5.41. The number of nitrogens with zero attached hydrogens (tertiary/aromatic N) is 4. The summed E-state index contributed by atoms with van der Waals surface area (Å²) in [6.07, 6.45) is 0. The van der Waals surface area contributed by atoms with Crippen LogP contribution in [-0.4, -0.2) is 61.4 Å². The molecule has 0 heterocycles. The maximum atomic E-state index is 5.41. The Bertz CT molecular complexity index is 470. The van der Waals surface area contributed by atoms with Crippen LogP contribution in [0.3, 0.4) is 0 Å². The zero-order valence-corrected chi connectivity index (χ0v) is 14.7. The van der Waals surface area contributed by atoms with Gasteiger partial charge >= 0.3 is 0 Å². The van der Waals surface area contributed by atoms with Crippen molar-refractivity contribution in [2.45, 2.75) is 0 Å². The van der Waals surface area contributed by atoms with E-state index in [2.05, 4.69) is 19.3 Å². The Morgan fingerprint density at radius 2 is 1.40 bits per heavy atom. The highest BCUT2D eigenvalue weighted by Gasteiger charge is 2.28. The van der Waals surface area contributed by atoms with E-state index in [1.807, 2.05) is 72.6 Å². The molecule has 0 aromatic heterocycles. The normalized spacial score (nSPS) is 12.1. The van der Waals surface area contributed by atoms with Crippen LogP contribution in [0.5, 0.6) is 0 Å². The van der Waals surface area contributed by atoms with Gasteiger partial charge in [0.1, 0.15) is 0 Å². The van der Waals surface area contributed by atoms with Crippen molar-refractivity contribution in [2.75, 3.05) is 47.6 Å². The van der Waals surface area contributed by atoms with Crippen LogP contribution in [0, 0.1) is 0 Å². The number of hydrogen-bond donors (Lipinski definition) is 1. The van der Waals surface area contributed by atoms with E-state index >= 15 is 0 Å². The first-order valence-electron chi connectivity index (χ1n) is 6.32. The zero-order valence-electron chi connectivity index (χ0n) is 13.0. The second kappa shape index (κ2) is 7.29. The Morgan fingerprint density at radius 3 is 1.80 bits per heavy atom. The summed E-state index contributed by atoms with van der Waals surface area (Å²) in [5, 5.41) is 3.67. The fraction of sp³-hybridized carbons (Fsp3) is 0.462. The molecule has 0 amide bonds. The first-order chi connectivity index (χ1) is 9.30. The first-order valence-corrected chi connectivity index (χ1v) is 8.33. The van der Waals surface area contributed by atoms with Crippen molar-refractivity contribution in [3.63, 3.8) is 0 Å². The molecule has 0 fully saturated rings. The van der Waals surface area contributed by atoms with Gasteiger partial charge in [0.15, 0.2) is 12.6 Å². The summed E-state index contributed by atoms with van der Waals surface area (Å²) in [5.74, 6) is 0. The van der Waals surface area contributed by atoms with Crippen molar-refractivity contribution in [1.82, 2.24) is 14.0 Å². The maximum Gasteiger partial charge on any atom is 0.199 e. The molecule has 5 nitrogen and oxygen atoms in total. The smallest absolute Gasteiger partial charge is 0.199 e. The predicted molar refractivity (Wildman–Crippen MR) is 93.1 cm³/mol. The number of rotatable bonds is 4. The highest BCUT2D eigenvalue weighted by Crippen LogP contribution is 2.54. The molecule has 0 saturated carbocycles. The average Bonchev–Trinajstić information content (AvgIpc) is 2.35. The van der Waals surface area contributed by atoms with Gasteiger partial charge in [0.05, 0.1) is 0 Å². The minimum absolute atomic E-state index is 0.501. The molecule has 0 aliphatic rings. The van der Waals surface area contributed by atoms with Crippen molar-refractivity contribution in [1.29, 1.82) is 0 Å². The van der Waals surface area contributed by atoms with Gasteiger partial charge in [-0.25, -0.2) is 0 Å². The topological polar surface area (TPSA) is 34.1 Å². The molecule has 1 aromatic rings. The quantitative estimate of drug-likeness (QED) is 0.683. The van der Waals surface area contributed by atoms with Crippen LogP contribution < -0.4 is 5.32 Å². The summed E-state index contributed by atoms with van der Waals surface area (Å²) in [5.41, 5.74) is 0.954. The van der Waals surface area contributed by atoms with E-state index in [1.165, 1.54) is 0 Å². The highest BCUT2D eigenvalue weighted by molar-refractivity contribution is 7.81. The third kappa shape index (κ3) is 3.87. The van der Waals surface area contributed by atoms with E-state index in [4.69, 9.17) is 17.0 Å². The summed E-state index contributed by atoms with van der Waals surface area (Å²) >= 11 is 5.41. The van der Waals surface area contributed by atoms with Crippen LogP contribution in [0.25, 0.3) is 0 Å². The van der Waals surface area contributed by atoms with Crippen LogP contribution >= 0.6 is 19.7 Å². The van der Waals surface area contributed by atoms with Crippen molar-refractivity contribution in [3.8, 4) is 0 Å². The Balaban J connectivity index is 3.11. The van der Waals surface area contributed by atoms with Gasteiger partial charge < -0.3 is 5.32 Å². The second-order valence-corrected chi connectivity index (χ2v) is 9.03. The molecule has 0 aliphatic heterocycles. The summed E-state index contributed by atoms with van der Waals surface area (Å²) in [6.45, 7) is 0. The molecular weight excluding hydrogens is 289 g/mol. The van der Waals surface area contributed by atoms with Crippen LogP contribution in [0.15, 0.2) is 35.1 Å². The molecule has 0 radical (unpaired) electrons. The standard InChI is InChI=1S/C13H24N5PS/c1-16(2)19(17(3)4,18(5)6)15-13(20)14-12-10-8-7-9-11-12/h7-11H,1-6H3,(H,14,20). The minimum Gasteiger partial charge on any atom is -0.331 e. The number of benzene rings is 1. The van der Waals surface area contributed by atoms with E-state index in [0.29, 0.717) is 5.11 Å². The average molecular weight is 313 g/mol. The largest absolute Gasteiger partial charge is 0.331 e. The van der Waals surface area contributed by atoms with Crippen molar-refractivity contribution < 1.29 is 0 Å². The molecule has 1 aromatic carbocycles. The van der Waals surface area contributed by atoms with Gasteiger partial charge in [-0.3, -0.25) is 14.0 Å². The predicted octanol–water partition coefficient (Wildman–Crippen LogP) is 3.01. The summed E-state index contributed by atoms with van der Waals surface area (Å²) in [6, 6.07) is 9.86. The Labute approximate surface area is 127 Å². The third-order valence-corrected chi connectivity index (χ3v) is 6.88. The number of thiocarbonyl (C=S) groups is 1. The fourth-order valence-corrected chi connectivity index (χ4v) is 5.56. The van der Waals surface area contributed by atoms with E-state index in [9.17, 15) is 0 Å². The van der Waals surface area contributed by atoms with Gasteiger partial charge in [0, 0.05) is 5.69 Å². The van der Waals surface area contributed by atoms with Crippen LogP contribution in [0.1, 0.15) is 0 Å². The zero-order chi connectivity index (χ0) is 15.3. The molecule has 20 heavy (non-hydrogen) atoms. The molecule has 7 heteroatoms. The molecule has 0 spiro atoms. The fourth-order valence-electron chi connectivity index (χ4n) is 2.13. The van der Waals surface area contributed by atoms with Crippen LogP contribution in [0.2, 0.25) is 0 Å². The molecule has 0 aliphatic carbocycles. The Kier molecular flexibility index (Phi) is 6.30. The van der Waals surface area contributed by atoms with E-state index in [1.54, 1.807) is 0 Å². The lowest BCUT2D eigenvalue weighted by molar-refractivity contribution is 0.475. The molecular formula is C13H24N5PS. The Morgan fingerprint density at radius 1 is 0.950 bits per heavy atom. The first kappa shape index (κ1) is 17.3. The number of anilines is 1. The monoisotopic (exact) mass is 313 g/mol. The molecule has 0 saturated heterocycles. The van der Waals surface area contributed by atoms with Crippen LogP contribution in [0.4, 0.5) is 5.69 Å². The van der Waals surface area contributed by atoms with Gasteiger partial charge in [-0.2, -0.15) is 4.74 Å². The van der Waals surface area contributed by atoms with E-state index in [-0.39, 0.29) is 0 Å². The molecule has 0 bridgehead atoms. The van der Waals surface area contributed by atoms with Crippen molar-refractivity contribution in [3.05, 3.63) is 30.3 Å². The van der Waals surface area contributed by atoms with Gasteiger partial charge in [-0.15, -0.1) is 0 Å². The lowest BCUT2D eigenvalue weighted by Gasteiger charge is -2.40. The third-order valence-electron chi connectivity index (χ3n) is 2.86. The summed E-state index contributed by atoms with van der Waals surface area (Å²) in [4.78, 5) is 0. The lowest BCUT2D eigenvalue weighted by Crippen LogP contribution is -2.31. The molecule has 1 N–H and O–H groups in total. The number of para-hydroxylation sites is 1. The van der Waals surface area contributed by atoms with E-state index < -0.39 is 7.51 Å². The molecule has 1 rings (SSSR count). The molecule has 112 valence electrons. The van der Waals surface area contributed by atoms with Crippen molar-refractivity contribution in [2.24, 2.45) is 4.74 Å². The summed E-state index contributed by atoms with van der Waals surface area (Å²) < 4.78 is 11.2. The van der Waals surface area contributed by atoms with Gasteiger partial charge in [0.25, 0.3) is 0 Å². The highest BCUT2D eigenvalue weighted by atomic mass is 32.1. The molecule has 0 unspecified atom stereocenters. The number of nitrogens with one attached hydrogen (secondary N) is 1. The lowest BCUT2D eigenvalue weighted by atomic mass is 10.3. The van der Waals surface area contributed by atoms with Crippen molar-refractivity contribution >= 4 is 30.5 Å². The Hall–Kier alpha value is -0.780. The SMILES string of the molecule is CN(C)P(=NC(=S)Nc1ccccc1)(N(C)C)N(C)C. The number of hydrogen-bond acceptors (Lipinski definition) is 1. The van der Waals surface area contributed by atoms with Gasteiger partial charge in [-0.1, -0.05) is 18.2 Å². The van der Waals surface area contributed by atoms with Crippen LogP contribution in [-0.2, 0) is 0 Å². The molecule has 0 atom stereocenters. The minimum atomic E-state index is -1.98. The van der Waals surface area contributed by atoms with Gasteiger partial charge in [0.2, 0.25) is 0 Å². The second-order valence-electron chi connectivity index (χ2n) is 4.97.